The smallest absolute Gasteiger partial charge is 0.505 e. The third-order valence-corrected chi connectivity index (χ3v) is 8.33. The number of carboxylic acids is 1. The van der Waals surface area contributed by atoms with Crippen LogP contribution < -0.4 is 29.6 Å². The molecule has 13 heteroatoms. The van der Waals surface area contributed by atoms with Crippen LogP contribution in [0.3, 0.4) is 0 Å². The molecule has 0 unspecified atom stereocenters. The van der Waals surface area contributed by atoms with Gasteiger partial charge in [0.05, 0.1) is 23.5 Å². The average Bonchev–Trinajstić information content (AvgIpc) is 2.74. The van der Waals surface area contributed by atoms with Crippen LogP contribution in [0.2, 0.25) is 0 Å². The van der Waals surface area contributed by atoms with Crippen molar-refractivity contribution in [1.29, 1.82) is 0 Å². The third-order valence-electron chi connectivity index (χ3n) is 4.68. The van der Waals surface area contributed by atoms with Gasteiger partial charge in [-0.2, -0.15) is 0 Å². The van der Waals surface area contributed by atoms with Gasteiger partial charge in [-0.15, -0.1) is 0 Å². The number of carbonyl (C=O) groups is 1. The summed E-state index contributed by atoms with van der Waals surface area (Å²) in [5, 5.41) is 30.8. The van der Waals surface area contributed by atoms with E-state index in [0.717, 1.165) is 0 Å². The second-order valence-electron chi connectivity index (χ2n) is 6.49. The van der Waals surface area contributed by atoms with Crippen LogP contribution in [0.25, 0.3) is 33.1 Å². The van der Waals surface area contributed by atoms with Crippen molar-refractivity contribution in [3.63, 3.8) is 0 Å². The van der Waals surface area contributed by atoms with Crippen LogP contribution in [0.4, 0.5) is 13.2 Å². The summed E-state index contributed by atoms with van der Waals surface area (Å²) < 4.78 is 50.5. The summed E-state index contributed by atoms with van der Waals surface area (Å²) in [5.74, 6) is -7.04. The zero-order valence-electron chi connectivity index (χ0n) is 16.0. The summed E-state index contributed by atoms with van der Waals surface area (Å²) in [6.45, 7) is 0. The minimum Gasteiger partial charge on any atom is -0.505 e. The summed E-state index contributed by atoms with van der Waals surface area (Å²) in [6.07, 6.45) is 0. The van der Waals surface area contributed by atoms with Gasteiger partial charge in [-0.1, -0.05) is 0 Å². The molecule has 0 fully saturated rings. The van der Waals surface area contributed by atoms with Crippen molar-refractivity contribution in [2.75, 3.05) is 0 Å². The molecule has 0 aliphatic carbocycles. The molecule has 0 atom stereocenters. The van der Waals surface area contributed by atoms with Crippen LogP contribution >= 0.6 is 90.4 Å². The van der Waals surface area contributed by atoms with E-state index in [4.69, 9.17) is 4.42 Å². The number of rotatable bonds is 2. The maximum atomic E-state index is 15.2. The second-order valence-corrected chi connectivity index (χ2v) is 11.0. The topological polar surface area (TPSA) is 89.1 Å². The minimum absolute atomic E-state index is 0. The van der Waals surface area contributed by atoms with Gasteiger partial charge in [-0.3, -0.25) is 0 Å². The summed E-state index contributed by atoms with van der Waals surface area (Å²) in [6, 6.07) is 3.29. The first-order valence-corrected chi connectivity index (χ1v) is 12.7. The predicted octanol–water partition coefficient (Wildman–Crippen LogP) is 4.48. The molecule has 4 rings (SSSR count). The molecule has 0 amide bonds. The monoisotopic (exact) mass is 914 g/mol. The predicted molar refractivity (Wildman–Crippen MR) is 145 cm³/mol. The van der Waals surface area contributed by atoms with E-state index in [-0.39, 0.29) is 75.7 Å². The van der Waals surface area contributed by atoms with E-state index >= 15 is 4.39 Å². The zero-order valence-corrected chi connectivity index (χ0v) is 26.7. The van der Waals surface area contributed by atoms with Crippen LogP contribution in [-0.4, -0.2) is 21.3 Å². The second kappa shape index (κ2) is 10.2. The van der Waals surface area contributed by atoms with Gasteiger partial charge >= 0.3 is 46.7 Å². The molecule has 0 bridgehead atoms. The van der Waals surface area contributed by atoms with Crippen molar-refractivity contribution < 1.29 is 67.3 Å². The number of hydrogen-bond donors (Lipinski definition) is 3. The van der Waals surface area contributed by atoms with Crippen molar-refractivity contribution in [3.05, 3.63) is 55.5 Å². The van der Waals surface area contributed by atoms with Crippen LogP contribution in [0.5, 0.6) is 11.5 Å². The summed E-state index contributed by atoms with van der Waals surface area (Å²) in [5.41, 5.74) is -1.40. The molecule has 164 valence electrons. The summed E-state index contributed by atoms with van der Waals surface area (Å²) in [7, 11) is 0. The van der Waals surface area contributed by atoms with Gasteiger partial charge in [0.25, 0.3) is 0 Å². The van der Waals surface area contributed by atoms with Crippen LogP contribution in [0.15, 0.2) is 22.6 Å². The van der Waals surface area contributed by atoms with Gasteiger partial charge in [0, 0.05) is 11.1 Å². The van der Waals surface area contributed by atoms with Gasteiger partial charge in [0.2, 0.25) is 0 Å². The zero-order chi connectivity index (χ0) is 23.6. The number of fused-ring (bicyclic) bond motifs is 2. The normalized spacial score (nSPS) is 11.1. The summed E-state index contributed by atoms with van der Waals surface area (Å²) >= 11 is 7.29. The molecule has 0 saturated carbocycles. The number of aromatic carboxylic acids is 1. The van der Waals surface area contributed by atoms with E-state index in [1.54, 1.807) is 0 Å². The molecule has 1 heterocycles. The Bertz CT molecular complexity index is 1440. The number of halogens is 7. The summed E-state index contributed by atoms with van der Waals surface area (Å²) in [4.78, 5) is 11.9. The van der Waals surface area contributed by atoms with E-state index in [9.17, 15) is 28.9 Å². The number of phenolic OH excluding ortho intramolecular Hbond substituents is 2. The molecule has 3 aromatic carbocycles. The van der Waals surface area contributed by atoms with E-state index in [0.29, 0.717) is 13.2 Å². The molecule has 0 spiro atoms. The standard InChI is InChI=1S/C20H5F3I4O5.Na/c21-7-1-6(20(30)31)11(13(23)12(7)22)10-4-2-8(24)16(28)14(26)18(4)32-19-5(10)3-9(25)17(29)15(19)27;/h1-3H,(H2-,28,29,30,31);/q;+1/p+1. The Morgan fingerprint density at radius 1 is 0.788 bits per heavy atom. The van der Waals surface area contributed by atoms with E-state index < -0.39 is 34.5 Å². The van der Waals surface area contributed by atoms with E-state index in [2.05, 4.69) is 0 Å². The van der Waals surface area contributed by atoms with E-state index in [1.807, 2.05) is 90.4 Å². The quantitative estimate of drug-likeness (QED) is 0.0909. The molecule has 1 aromatic heterocycles. The van der Waals surface area contributed by atoms with Crippen LogP contribution in [0, 0.1) is 31.7 Å². The number of benzene rings is 3. The Kier molecular flexibility index (Phi) is 8.59. The first-order valence-electron chi connectivity index (χ1n) is 8.34. The van der Waals surface area contributed by atoms with Gasteiger partial charge in [-0.05, 0) is 109 Å². The van der Waals surface area contributed by atoms with Crippen molar-refractivity contribution in [3.8, 4) is 22.6 Å². The molecular formula is C20H6F3I4NaO5+2. The maximum absolute atomic E-state index is 15.2. The van der Waals surface area contributed by atoms with Crippen LogP contribution in [0.1, 0.15) is 10.4 Å². The van der Waals surface area contributed by atoms with Crippen molar-refractivity contribution in [2.45, 2.75) is 0 Å². The van der Waals surface area contributed by atoms with Gasteiger partial charge in [0.15, 0.2) is 36.1 Å². The molecule has 0 aliphatic heterocycles. The molecule has 0 saturated heterocycles. The third kappa shape index (κ3) is 4.54. The van der Waals surface area contributed by atoms with Crippen molar-refractivity contribution >= 4 is 118 Å². The first kappa shape index (κ1) is 27.7. The molecule has 5 nitrogen and oxygen atoms in total. The van der Waals surface area contributed by atoms with Crippen LogP contribution in [-0.2, 0) is 0 Å². The number of aromatic hydroxyl groups is 2. The molecule has 0 radical (unpaired) electrons. The largest absolute Gasteiger partial charge is 1.00 e. The fourth-order valence-electron chi connectivity index (χ4n) is 3.28. The number of phenols is 2. The first-order chi connectivity index (χ1) is 15.0. The minimum atomic E-state index is -1.82. The Morgan fingerprint density at radius 3 is 1.67 bits per heavy atom. The number of hydrogen-bond acceptors (Lipinski definition) is 3. The van der Waals surface area contributed by atoms with E-state index in [1.165, 1.54) is 12.1 Å². The Balaban J connectivity index is 0.00000306. The van der Waals surface area contributed by atoms with Gasteiger partial charge < -0.3 is 15.3 Å². The molecular weight excluding hydrogens is 908 g/mol. The Labute approximate surface area is 260 Å². The maximum Gasteiger partial charge on any atom is 1.00 e. The fraction of sp³-hybridized carbons (Fsp3) is 0. The molecule has 4 aromatic rings. The van der Waals surface area contributed by atoms with Crippen molar-refractivity contribution in [1.82, 2.24) is 0 Å². The SMILES string of the molecule is O=C(O)c1cc(F)c(F)c(F)c1-c1c2cc(I)c(O)c(I)c2[o+]c2c(I)c(O)c(I)cc12.[Na+]. The fourth-order valence-corrected chi connectivity index (χ4v) is 6.85. The molecule has 3 N–H and O–H groups in total. The number of carboxylic acid groups (broad SMARTS) is 1. The van der Waals surface area contributed by atoms with Gasteiger partial charge in [0.1, 0.15) is 0 Å². The average molecular weight is 914 g/mol. The van der Waals surface area contributed by atoms with Crippen molar-refractivity contribution in [2.24, 2.45) is 0 Å². The Morgan fingerprint density at radius 2 is 1.24 bits per heavy atom. The Hall–Kier alpha value is 0.110. The molecule has 0 aliphatic rings. The van der Waals surface area contributed by atoms with Gasteiger partial charge in [-0.25, -0.2) is 22.4 Å². The molecule has 33 heavy (non-hydrogen) atoms.